The second-order valence-electron chi connectivity index (χ2n) is 5.59. The van der Waals surface area contributed by atoms with Crippen LogP contribution in [0.5, 0.6) is 0 Å². The lowest BCUT2D eigenvalue weighted by atomic mass is 10.1. The van der Waals surface area contributed by atoms with Crippen molar-refractivity contribution in [2.24, 2.45) is 5.73 Å². The van der Waals surface area contributed by atoms with Gasteiger partial charge in [-0.25, -0.2) is 4.98 Å². The standard InChI is InChI=1S/C18H25N3OS/c1-3-7-16-20-14(2)17(23-16)18(22)21(13-11-19)12-10-15-8-5-4-6-9-15/h4-6,8-9H,3,7,10-13,19H2,1-2H3. The van der Waals surface area contributed by atoms with E-state index in [9.17, 15) is 4.79 Å². The predicted octanol–water partition coefficient (Wildman–Crippen LogP) is 3.05. The van der Waals surface area contributed by atoms with Crippen LogP contribution in [-0.4, -0.2) is 35.4 Å². The van der Waals surface area contributed by atoms with Gasteiger partial charge < -0.3 is 10.6 Å². The quantitative estimate of drug-likeness (QED) is 0.809. The van der Waals surface area contributed by atoms with Gasteiger partial charge >= 0.3 is 0 Å². The molecule has 1 heterocycles. The summed E-state index contributed by atoms with van der Waals surface area (Å²) in [6.07, 6.45) is 2.81. The molecule has 2 aromatic rings. The van der Waals surface area contributed by atoms with Crippen LogP contribution in [0.3, 0.4) is 0 Å². The van der Waals surface area contributed by atoms with Crippen molar-refractivity contribution in [3.63, 3.8) is 0 Å². The van der Waals surface area contributed by atoms with Crippen molar-refractivity contribution in [1.29, 1.82) is 0 Å². The van der Waals surface area contributed by atoms with Crippen molar-refractivity contribution >= 4 is 17.2 Å². The molecule has 0 radical (unpaired) electrons. The highest BCUT2D eigenvalue weighted by Crippen LogP contribution is 2.21. The molecule has 2 N–H and O–H groups in total. The maximum atomic E-state index is 12.8. The lowest BCUT2D eigenvalue weighted by Gasteiger charge is -2.21. The van der Waals surface area contributed by atoms with E-state index in [1.54, 1.807) is 0 Å². The van der Waals surface area contributed by atoms with E-state index in [-0.39, 0.29) is 5.91 Å². The number of carbonyl (C=O) groups excluding carboxylic acids is 1. The van der Waals surface area contributed by atoms with Crippen LogP contribution in [0.2, 0.25) is 0 Å². The summed E-state index contributed by atoms with van der Waals surface area (Å²) in [5.74, 6) is 0.0590. The van der Waals surface area contributed by atoms with Crippen molar-refractivity contribution in [2.45, 2.75) is 33.1 Å². The van der Waals surface area contributed by atoms with Gasteiger partial charge in [0.1, 0.15) is 4.88 Å². The van der Waals surface area contributed by atoms with Gasteiger partial charge in [0.2, 0.25) is 0 Å². The van der Waals surface area contributed by atoms with Gasteiger partial charge in [-0.05, 0) is 31.7 Å². The summed E-state index contributed by atoms with van der Waals surface area (Å²) in [6, 6.07) is 10.2. The number of thiazole rings is 1. The molecule has 0 fully saturated rings. The van der Waals surface area contributed by atoms with Crippen LogP contribution in [0, 0.1) is 6.92 Å². The van der Waals surface area contributed by atoms with Crippen LogP contribution in [0.15, 0.2) is 30.3 Å². The Bertz CT molecular complexity index is 624. The Kier molecular flexibility index (Phi) is 6.74. The summed E-state index contributed by atoms with van der Waals surface area (Å²) in [6.45, 7) is 5.77. The average Bonchev–Trinajstić information content (AvgIpc) is 2.92. The number of amides is 1. The molecule has 1 aromatic carbocycles. The van der Waals surface area contributed by atoms with Gasteiger partial charge in [-0.2, -0.15) is 0 Å². The largest absolute Gasteiger partial charge is 0.336 e. The van der Waals surface area contributed by atoms with E-state index in [2.05, 4.69) is 24.0 Å². The van der Waals surface area contributed by atoms with Gasteiger partial charge in [0.05, 0.1) is 10.7 Å². The minimum Gasteiger partial charge on any atom is -0.336 e. The number of nitrogens with zero attached hydrogens (tertiary/aromatic N) is 2. The smallest absolute Gasteiger partial charge is 0.265 e. The summed E-state index contributed by atoms with van der Waals surface area (Å²) in [7, 11) is 0. The minimum absolute atomic E-state index is 0.0590. The average molecular weight is 331 g/mol. The molecule has 0 bridgehead atoms. The third-order valence-electron chi connectivity index (χ3n) is 3.70. The molecular formula is C18H25N3OS. The molecule has 5 heteroatoms. The Morgan fingerprint density at radius 2 is 1.96 bits per heavy atom. The first-order valence-corrected chi connectivity index (χ1v) is 8.97. The van der Waals surface area contributed by atoms with E-state index in [4.69, 9.17) is 5.73 Å². The molecular weight excluding hydrogens is 306 g/mol. The van der Waals surface area contributed by atoms with Gasteiger partial charge in [0.15, 0.2) is 0 Å². The molecule has 1 amide bonds. The molecule has 1 aromatic heterocycles. The van der Waals surface area contributed by atoms with Crippen molar-refractivity contribution in [3.8, 4) is 0 Å². The summed E-state index contributed by atoms with van der Waals surface area (Å²) >= 11 is 1.52. The molecule has 2 rings (SSSR count). The highest BCUT2D eigenvalue weighted by molar-refractivity contribution is 7.13. The molecule has 0 saturated heterocycles. The van der Waals surface area contributed by atoms with E-state index >= 15 is 0 Å². The maximum Gasteiger partial charge on any atom is 0.265 e. The zero-order chi connectivity index (χ0) is 16.7. The molecule has 0 atom stereocenters. The minimum atomic E-state index is 0.0590. The molecule has 0 aliphatic carbocycles. The molecule has 124 valence electrons. The molecule has 0 saturated carbocycles. The fourth-order valence-electron chi connectivity index (χ4n) is 2.49. The summed E-state index contributed by atoms with van der Waals surface area (Å²) in [5, 5.41) is 1.05. The lowest BCUT2D eigenvalue weighted by Crippen LogP contribution is -2.36. The van der Waals surface area contributed by atoms with Gasteiger partial charge in [-0.3, -0.25) is 4.79 Å². The Morgan fingerprint density at radius 1 is 1.22 bits per heavy atom. The van der Waals surface area contributed by atoms with Crippen molar-refractivity contribution < 1.29 is 4.79 Å². The number of aromatic nitrogens is 1. The van der Waals surface area contributed by atoms with E-state index in [1.165, 1.54) is 16.9 Å². The van der Waals surface area contributed by atoms with E-state index < -0.39 is 0 Å². The second-order valence-corrected chi connectivity index (χ2v) is 6.67. The zero-order valence-corrected chi connectivity index (χ0v) is 14.7. The SMILES string of the molecule is CCCc1nc(C)c(C(=O)N(CCN)CCc2ccccc2)s1. The second kappa shape index (κ2) is 8.79. The van der Waals surface area contributed by atoms with Crippen LogP contribution in [-0.2, 0) is 12.8 Å². The highest BCUT2D eigenvalue weighted by Gasteiger charge is 2.20. The van der Waals surface area contributed by atoms with Crippen molar-refractivity contribution in [3.05, 3.63) is 51.5 Å². The van der Waals surface area contributed by atoms with Crippen LogP contribution in [0.25, 0.3) is 0 Å². The van der Waals surface area contributed by atoms with Crippen LogP contribution < -0.4 is 5.73 Å². The number of carbonyl (C=O) groups is 1. The predicted molar refractivity (Wildman–Crippen MR) is 95.9 cm³/mol. The normalized spacial score (nSPS) is 10.7. The van der Waals surface area contributed by atoms with Gasteiger partial charge in [0.25, 0.3) is 5.91 Å². The molecule has 0 aliphatic heterocycles. The van der Waals surface area contributed by atoms with Crippen LogP contribution in [0.1, 0.15) is 39.3 Å². The number of hydrogen-bond donors (Lipinski definition) is 1. The third kappa shape index (κ3) is 4.88. The number of aryl methyl sites for hydroxylation is 2. The van der Waals surface area contributed by atoms with Gasteiger partial charge in [-0.15, -0.1) is 11.3 Å². The number of nitrogens with two attached hydrogens (primary N) is 1. The van der Waals surface area contributed by atoms with E-state index in [1.807, 2.05) is 30.0 Å². The number of hydrogen-bond acceptors (Lipinski definition) is 4. The van der Waals surface area contributed by atoms with Gasteiger partial charge in [0, 0.05) is 19.6 Å². The first-order valence-electron chi connectivity index (χ1n) is 8.15. The lowest BCUT2D eigenvalue weighted by molar-refractivity contribution is 0.0766. The molecule has 23 heavy (non-hydrogen) atoms. The Labute approximate surface area is 142 Å². The van der Waals surface area contributed by atoms with Crippen LogP contribution in [0.4, 0.5) is 0 Å². The van der Waals surface area contributed by atoms with E-state index in [0.717, 1.165) is 34.8 Å². The Balaban J connectivity index is 2.08. The first-order chi connectivity index (χ1) is 11.2. The monoisotopic (exact) mass is 331 g/mol. The Morgan fingerprint density at radius 3 is 2.61 bits per heavy atom. The topological polar surface area (TPSA) is 59.2 Å². The molecule has 0 unspecified atom stereocenters. The number of benzene rings is 1. The highest BCUT2D eigenvalue weighted by atomic mass is 32.1. The summed E-state index contributed by atoms with van der Waals surface area (Å²) < 4.78 is 0. The number of rotatable bonds is 8. The van der Waals surface area contributed by atoms with Crippen molar-refractivity contribution in [1.82, 2.24) is 9.88 Å². The summed E-state index contributed by atoms with van der Waals surface area (Å²) in [5.41, 5.74) is 7.77. The van der Waals surface area contributed by atoms with E-state index in [0.29, 0.717) is 19.6 Å². The maximum absolute atomic E-state index is 12.8. The molecule has 0 spiro atoms. The first kappa shape index (κ1) is 17.6. The molecule has 4 nitrogen and oxygen atoms in total. The Hall–Kier alpha value is -1.72. The van der Waals surface area contributed by atoms with Gasteiger partial charge in [-0.1, -0.05) is 37.3 Å². The fraction of sp³-hybridized carbons (Fsp3) is 0.444. The zero-order valence-electron chi connectivity index (χ0n) is 13.9. The third-order valence-corrected chi connectivity index (χ3v) is 4.90. The van der Waals surface area contributed by atoms with Crippen LogP contribution >= 0.6 is 11.3 Å². The van der Waals surface area contributed by atoms with Crippen molar-refractivity contribution in [2.75, 3.05) is 19.6 Å². The summed E-state index contributed by atoms with van der Waals surface area (Å²) in [4.78, 5) is 20.0. The molecule has 0 aliphatic rings. The fourth-order valence-corrected chi connectivity index (χ4v) is 3.63.